The van der Waals surface area contributed by atoms with Crippen LogP contribution in [0.3, 0.4) is 0 Å². The number of aliphatic hydroxyl groups excluding tert-OH is 6. The number of esters is 1. The van der Waals surface area contributed by atoms with Crippen LogP contribution in [0.4, 0.5) is 0 Å². The third-order valence-electron chi connectivity index (χ3n) is 11.0. The third-order valence-corrected chi connectivity index (χ3v) is 11.0. The summed E-state index contributed by atoms with van der Waals surface area (Å²) >= 11 is 0. The van der Waals surface area contributed by atoms with Crippen LogP contribution in [-0.4, -0.2) is 91.4 Å². The minimum atomic E-state index is -0.793. The number of unbranched alkanes of at least 4 members (excludes halogenated alkanes) is 2. The Balaban J connectivity index is 0.000000306. The van der Waals surface area contributed by atoms with Gasteiger partial charge in [0.25, 0.3) is 0 Å². The predicted molar refractivity (Wildman–Crippen MR) is 222 cm³/mol. The number of aliphatic carboxylic acids is 1. The number of allylic oxidation sites excluding steroid dienone is 4. The van der Waals surface area contributed by atoms with Crippen molar-refractivity contribution in [3.05, 3.63) is 120 Å². The van der Waals surface area contributed by atoms with Gasteiger partial charge in [0.1, 0.15) is 0 Å². The van der Waals surface area contributed by atoms with E-state index in [1.54, 1.807) is 12.2 Å². The Bertz CT molecular complexity index is 1520. The first kappa shape index (κ1) is 47.5. The van der Waals surface area contributed by atoms with Crippen molar-refractivity contribution in [3.8, 4) is 0 Å². The molecule has 0 aromatic heterocycles. The second-order valence-electron chi connectivity index (χ2n) is 15.3. The van der Waals surface area contributed by atoms with Crippen molar-refractivity contribution < 1.29 is 50.1 Å². The van der Waals surface area contributed by atoms with Crippen molar-refractivity contribution >= 4 is 11.9 Å². The van der Waals surface area contributed by atoms with Gasteiger partial charge >= 0.3 is 11.9 Å². The fourth-order valence-electron chi connectivity index (χ4n) is 7.62. The quantitative estimate of drug-likeness (QED) is 0.0407. The Morgan fingerprint density at radius 1 is 0.649 bits per heavy atom. The number of aliphatic hydroxyl groups is 6. The van der Waals surface area contributed by atoms with E-state index in [9.17, 15) is 40.2 Å². The second-order valence-corrected chi connectivity index (χ2v) is 15.3. The molecule has 2 aromatic rings. The Hall–Kier alpha value is -3.90. The Morgan fingerprint density at radius 3 is 1.47 bits per heavy atom. The zero-order chi connectivity index (χ0) is 41.4. The lowest BCUT2D eigenvalue weighted by Gasteiger charge is -2.19. The number of carboxylic acid groups (broad SMARTS) is 1. The van der Waals surface area contributed by atoms with E-state index >= 15 is 0 Å². The first-order valence-corrected chi connectivity index (χ1v) is 20.6. The number of ether oxygens (including phenoxy) is 1. The molecule has 2 aromatic carbocycles. The van der Waals surface area contributed by atoms with E-state index in [1.807, 2.05) is 97.1 Å². The summed E-state index contributed by atoms with van der Waals surface area (Å²) in [5.74, 6) is -1.52. The number of hydrogen-bond donors (Lipinski definition) is 7. The molecule has 57 heavy (non-hydrogen) atoms. The van der Waals surface area contributed by atoms with E-state index in [0.717, 1.165) is 25.7 Å². The molecule has 2 fully saturated rings. The Morgan fingerprint density at radius 2 is 1.07 bits per heavy atom. The molecular formula is C47H66O10. The van der Waals surface area contributed by atoms with E-state index < -0.39 is 42.6 Å². The van der Waals surface area contributed by atoms with Gasteiger partial charge in [0, 0.05) is 37.5 Å². The largest absolute Gasteiger partial charge is 0.481 e. The molecule has 314 valence electrons. The second kappa shape index (κ2) is 26.9. The van der Waals surface area contributed by atoms with Crippen LogP contribution in [0.1, 0.15) is 88.2 Å². The van der Waals surface area contributed by atoms with Gasteiger partial charge in [-0.1, -0.05) is 109 Å². The van der Waals surface area contributed by atoms with E-state index in [4.69, 9.17) is 5.11 Å². The lowest BCUT2D eigenvalue weighted by atomic mass is 9.89. The molecule has 2 saturated carbocycles. The molecule has 2 aliphatic carbocycles. The average Bonchev–Trinajstić information content (AvgIpc) is 3.64. The van der Waals surface area contributed by atoms with Gasteiger partial charge < -0.3 is 40.5 Å². The molecule has 0 spiro atoms. The van der Waals surface area contributed by atoms with Gasteiger partial charge in [-0.05, 0) is 87.2 Å². The maximum absolute atomic E-state index is 11.1. The zero-order valence-corrected chi connectivity index (χ0v) is 33.4. The molecule has 0 bridgehead atoms. The average molecular weight is 791 g/mol. The summed E-state index contributed by atoms with van der Waals surface area (Å²) in [5, 5.41) is 70.3. The normalized spacial score (nSPS) is 25.9. The van der Waals surface area contributed by atoms with Gasteiger partial charge in [-0.25, -0.2) is 0 Å². The van der Waals surface area contributed by atoms with Crippen molar-refractivity contribution in [2.24, 2.45) is 23.7 Å². The number of methoxy groups -OCH3 is 1. The number of hydrogen-bond acceptors (Lipinski definition) is 9. The molecule has 10 heteroatoms. The number of carboxylic acids is 1. The standard InChI is InChI=1S/C24H34O5.C23H32O5/c1-29-24(28)12-8-3-2-7-11-20-21(23(27)17-22(20)26)16-15-19(25)14-13-18-9-5-4-6-10-18;24-18(13-12-17-8-4-3-5-9-17)14-15-20-19(21(25)16-22(20)26)10-6-1-2-7-11-23(27)28/h2,4-7,9-10,15-16,19-23,25-27H,3,8,11-14,17H2,1H3;1,3-6,8-9,14-15,18-22,24-26H,2,7,10-13,16H2,(H,27,28)/b7-2-,16-15+;6-1-,15-14+/t19-,20-,21-,22+,23-;18-,19-,20-,21+,22-/m11/s1. The van der Waals surface area contributed by atoms with Gasteiger partial charge in [-0.15, -0.1) is 0 Å². The number of carbonyl (C=O) groups is 2. The maximum atomic E-state index is 11.1. The molecule has 4 rings (SSSR count). The van der Waals surface area contributed by atoms with Crippen LogP contribution in [0.25, 0.3) is 0 Å². The van der Waals surface area contributed by atoms with E-state index in [0.29, 0.717) is 57.8 Å². The number of rotatable bonds is 22. The molecule has 7 N–H and O–H groups in total. The van der Waals surface area contributed by atoms with Gasteiger partial charge in [-0.2, -0.15) is 0 Å². The molecule has 10 atom stereocenters. The third kappa shape index (κ3) is 18.5. The topological polar surface area (TPSA) is 185 Å². The number of benzene rings is 2. The van der Waals surface area contributed by atoms with Gasteiger partial charge in [0.2, 0.25) is 0 Å². The highest BCUT2D eigenvalue weighted by molar-refractivity contribution is 5.69. The molecule has 0 saturated heterocycles. The van der Waals surface area contributed by atoms with Crippen LogP contribution in [0.15, 0.2) is 109 Å². The minimum Gasteiger partial charge on any atom is -0.481 e. The molecule has 0 aliphatic heterocycles. The zero-order valence-electron chi connectivity index (χ0n) is 33.4. The summed E-state index contributed by atoms with van der Waals surface area (Å²) in [6.07, 6.45) is 19.8. The summed E-state index contributed by atoms with van der Waals surface area (Å²) in [7, 11) is 1.39. The summed E-state index contributed by atoms with van der Waals surface area (Å²) in [4.78, 5) is 21.6. The lowest BCUT2D eigenvalue weighted by molar-refractivity contribution is -0.140. The summed E-state index contributed by atoms with van der Waals surface area (Å²) in [6, 6.07) is 20.0. The molecular weight excluding hydrogens is 725 g/mol. The molecule has 2 aliphatic rings. The summed E-state index contributed by atoms with van der Waals surface area (Å²) in [5.41, 5.74) is 2.36. The fraction of sp³-hybridized carbons (Fsp3) is 0.532. The highest BCUT2D eigenvalue weighted by atomic mass is 16.5. The highest BCUT2D eigenvalue weighted by Gasteiger charge is 2.40. The molecule has 0 heterocycles. The van der Waals surface area contributed by atoms with Crippen molar-refractivity contribution in [3.63, 3.8) is 0 Å². The number of aryl methyl sites for hydroxylation is 2. The van der Waals surface area contributed by atoms with Crippen LogP contribution >= 0.6 is 0 Å². The smallest absolute Gasteiger partial charge is 0.305 e. The predicted octanol–water partition coefficient (Wildman–Crippen LogP) is 6.28. The van der Waals surface area contributed by atoms with Gasteiger partial charge in [-0.3, -0.25) is 9.59 Å². The molecule has 10 nitrogen and oxygen atoms in total. The van der Waals surface area contributed by atoms with Crippen molar-refractivity contribution in [2.45, 2.75) is 127 Å². The first-order chi connectivity index (χ1) is 27.5. The Kier molecular flexibility index (Phi) is 22.4. The van der Waals surface area contributed by atoms with Crippen LogP contribution in [0.5, 0.6) is 0 Å². The van der Waals surface area contributed by atoms with Crippen molar-refractivity contribution in [1.82, 2.24) is 0 Å². The molecule has 0 amide bonds. The van der Waals surface area contributed by atoms with Crippen LogP contribution in [0, 0.1) is 23.7 Å². The van der Waals surface area contributed by atoms with Crippen molar-refractivity contribution in [1.29, 1.82) is 0 Å². The first-order valence-electron chi connectivity index (χ1n) is 20.6. The maximum Gasteiger partial charge on any atom is 0.305 e. The lowest BCUT2D eigenvalue weighted by Crippen LogP contribution is -2.20. The summed E-state index contributed by atoms with van der Waals surface area (Å²) < 4.78 is 4.61. The van der Waals surface area contributed by atoms with E-state index in [1.165, 1.54) is 18.2 Å². The van der Waals surface area contributed by atoms with Gasteiger partial charge in [0.05, 0.1) is 43.7 Å². The van der Waals surface area contributed by atoms with Crippen LogP contribution in [0.2, 0.25) is 0 Å². The van der Waals surface area contributed by atoms with Crippen molar-refractivity contribution in [2.75, 3.05) is 7.11 Å². The molecule has 0 radical (unpaired) electrons. The SMILES string of the molecule is COC(=O)CCC/C=C\C[C@@H]1[C@@H](/C=C/[C@H](O)CCc2ccccc2)[C@H](O)C[C@@H]1O.O=C(O)CCC/C=C\C[C@@H]1[C@@H](/C=C/[C@H](O)CCc2ccccc2)[C@H](O)C[C@@H]1O. The van der Waals surface area contributed by atoms with E-state index in [-0.39, 0.29) is 36.1 Å². The monoisotopic (exact) mass is 790 g/mol. The molecule has 0 unspecified atom stereocenters. The summed E-state index contributed by atoms with van der Waals surface area (Å²) in [6.45, 7) is 0. The Labute approximate surface area is 338 Å². The fourth-order valence-corrected chi connectivity index (χ4v) is 7.62. The number of carbonyl (C=O) groups excluding carboxylic acids is 1. The van der Waals surface area contributed by atoms with Crippen LogP contribution in [-0.2, 0) is 27.2 Å². The minimum absolute atomic E-state index is 0.0700. The van der Waals surface area contributed by atoms with Gasteiger partial charge in [0.15, 0.2) is 0 Å². The van der Waals surface area contributed by atoms with Crippen LogP contribution < -0.4 is 0 Å². The highest BCUT2D eigenvalue weighted by Crippen LogP contribution is 2.37. The van der Waals surface area contributed by atoms with E-state index in [2.05, 4.69) is 4.74 Å².